The van der Waals surface area contributed by atoms with Crippen molar-refractivity contribution in [2.45, 2.75) is 25.8 Å². The van der Waals surface area contributed by atoms with Crippen LogP contribution in [0.15, 0.2) is 34.1 Å². The Balaban J connectivity index is 2.24. The van der Waals surface area contributed by atoms with Crippen molar-refractivity contribution in [1.82, 2.24) is 5.32 Å². The summed E-state index contributed by atoms with van der Waals surface area (Å²) in [4.78, 5) is 1.24. The van der Waals surface area contributed by atoms with E-state index in [0.29, 0.717) is 0 Å². The van der Waals surface area contributed by atoms with Gasteiger partial charge in [0.2, 0.25) is 0 Å². The Morgan fingerprint density at radius 1 is 1.35 bits per heavy atom. The van der Waals surface area contributed by atoms with Crippen LogP contribution in [0.5, 0.6) is 0 Å². The minimum absolute atomic E-state index is 0.0312. The summed E-state index contributed by atoms with van der Waals surface area (Å²) in [6.07, 6.45) is 1.83. The Bertz CT molecular complexity index is 573. The summed E-state index contributed by atoms with van der Waals surface area (Å²) in [5.74, 6) is -0.361. The van der Waals surface area contributed by atoms with Gasteiger partial charge in [0.1, 0.15) is 5.82 Å². The van der Waals surface area contributed by atoms with E-state index in [0.717, 1.165) is 28.7 Å². The summed E-state index contributed by atoms with van der Waals surface area (Å²) >= 11 is 11.3. The van der Waals surface area contributed by atoms with Crippen LogP contribution in [0.4, 0.5) is 4.39 Å². The Morgan fingerprint density at radius 3 is 2.80 bits per heavy atom. The highest BCUT2D eigenvalue weighted by molar-refractivity contribution is 9.11. The molecule has 1 aromatic heterocycles. The molecule has 108 valence electrons. The molecule has 1 N–H and O–H groups in total. The first kappa shape index (κ1) is 16.0. The summed E-state index contributed by atoms with van der Waals surface area (Å²) in [5.41, 5.74) is 0.824. The van der Waals surface area contributed by atoms with E-state index in [4.69, 9.17) is 11.6 Å². The Labute approximate surface area is 136 Å². The molecule has 1 heterocycles. The Hall–Kier alpha value is -0.420. The molecular formula is C15H16BrClFNS. The molecule has 0 saturated carbocycles. The number of rotatable bonds is 6. The molecule has 0 aliphatic carbocycles. The first-order valence-corrected chi connectivity index (χ1v) is 8.52. The molecule has 2 rings (SSSR count). The van der Waals surface area contributed by atoms with E-state index in [1.807, 2.05) is 12.1 Å². The van der Waals surface area contributed by atoms with Gasteiger partial charge in [-0.1, -0.05) is 30.7 Å². The molecule has 1 nitrogen and oxygen atoms in total. The zero-order chi connectivity index (χ0) is 14.5. The molecule has 20 heavy (non-hydrogen) atoms. The van der Waals surface area contributed by atoms with Gasteiger partial charge >= 0.3 is 0 Å². The lowest BCUT2D eigenvalue weighted by Crippen LogP contribution is -2.24. The minimum Gasteiger partial charge on any atom is -0.310 e. The van der Waals surface area contributed by atoms with Crippen molar-refractivity contribution in [2.75, 3.05) is 6.54 Å². The second kappa shape index (κ2) is 7.55. The summed E-state index contributed by atoms with van der Waals surface area (Å²) in [6, 6.07) is 9.14. The lowest BCUT2D eigenvalue weighted by molar-refractivity contribution is 0.527. The molecule has 0 aliphatic heterocycles. The maximum atomic E-state index is 13.6. The molecule has 0 fully saturated rings. The predicted molar refractivity (Wildman–Crippen MR) is 88.2 cm³/mol. The number of hydrogen-bond acceptors (Lipinski definition) is 2. The van der Waals surface area contributed by atoms with Crippen LogP contribution in [-0.4, -0.2) is 6.54 Å². The number of hydrogen-bond donors (Lipinski definition) is 1. The van der Waals surface area contributed by atoms with Gasteiger partial charge in [0, 0.05) is 17.3 Å². The summed E-state index contributed by atoms with van der Waals surface area (Å²) in [5, 5.41) is 3.67. The van der Waals surface area contributed by atoms with Crippen LogP contribution >= 0.6 is 38.9 Å². The summed E-state index contributed by atoms with van der Waals surface area (Å²) < 4.78 is 14.7. The standard InChI is InChI=1S/C15H16BrClFNS/c1-2-8-19-13(9-10-6-7-14(16)20-10)11-4-3-5-12(18)15(11)17/h3-7,13,19H,2,8-9H2,1H3. The number of thiophene rings is 1. The summed E-state index contributed by atoms with van der Waals surface area (Å²) in [7, 11) is 0. The molecule has 0 radical (unpaired) electrons. The number of nitrogens with one attached hydrogen (secondary N) is 1. The highest BCUT2D eigenvalue weighted by Gasteiger charge is 2.17. The van der Waals surface area contributed by atoms with Gasteiger partial charge in [-0.25, -0.2) is 4.39 Å². The second-order valence-electron chi connectivity index (χ2n) is 4.56. The fourth-order valence-electron chi connectivity index (χ4n) is 2.06. The van der Waals surface area contributed by atoms with Gasteiger partial charge in [0.15, 0.2) is 0 Å². The highest BCUT2D eigenvalue weighted by Crippen LogP contribution is 2.31. The maximum absolute atomic E-state index is 13.6. The third kappa shape index (κ3) is 4.04. The second-order valence-corrected chi connectivity index (χ2v) is 7.49. The van der Waals surface area contributed by atoms with E-state index in [1.165, 1.54) is 10.9 Å². The first-order valence-electron chi connectivity index (χ1n) is 6.53. The van der Waals surface area contributed by atoms with Crippen molar-refractivity contribution in [3.8, 4) is 0 Å². The fourth-order valence-corrected chi connectivity index (χ4v) is 3.85. The van der Waals surface area contributed by atoms with Crippen LogP contribution in [0.1, 0.15) is 29.8 Å². The quantitative estimate of drug-likeness (QED) is 0.693. The van der Waals surface area contributed by atoms with Crippen molar-refractivity contribution in [2.24, 2.45) is 0 Å². The molecule has 1 aromatic carbocycles. The Kier molecular flexibility index (Phi) is 6.02. The largest absolute Gasteiger partial charge is 0.310 e. The van der Waals surface area contributed by atoms with Gasteiger partial charge in [0.05, 0.1) is 8.81 Å². The number of benzene rings is 1. The third-order valence-electron chi connectivity index (χ3n) is 3.03. The van der Waals surface area contributed by atoms with E-state index >= 15 is 0 Å². The van der Waals surface area contributed by atoms with Gasteiger partial charge in [-0.2, -0.15) is 0 Å². The topological polar surface area (TPSA) is 12.0 Å². The van der Waals surface area contributed by atoms with Crippen LogP contribution < -0.4 is 5.32 Å². The van der Waals surface area contributed by atoms with Gasteiger partial charge in [0.25, 0.3) is 0 Å². The molecule has 1 atom stereocenters. The fraction of sp³-hybridized carbons (Fsp3) is 0.333. The van der Waals surface area contributed by atoms with Crippen molar-refractivity contribution in [1.29, 1.82) is 0 Å². The van der Waals surface area contributed by atoms with Crippen molar-refractivity contribution >= 4 is 38.9 Å². The van der Waals surface area contributed by atoms with Crippen LogP contribution in [0.25, 0.3) is 0 Å². The zero-order valence-corrected chi connectivity index (χ0v) is 14.3. The van der Waals surface area contributed by atoms with Crippen molar-refractivity contribution in [3.05, 3.63) is 55.4 Å². The van der Waals surface area contributed by atoms with E-state index in [9.17, 15) is 4.39 Å². The molecule has 1 unspecified atom stereocenters. The molecular weight excluding hydrogens is 361 g/mol. The molecule has 0 saturated heterocycles. The number of halogens is 3. The van der Waals surface area contributed by atoms with Crippen molar-refractivity contribution < 1.29 is 4.39 Å². The molecule has 0 aliphatic rings. The molecule has 2 aromatic rings. The third-order valence-corrected chi connectivity index (χ3v) is 5.08. The van der Waals surface area contributed by atoms with Gasteiger partial charge in [-0.15, -0.1) is 11.3 Å². The molecule has 0 bridgehead atoms. The predicted octanol–water partition coefficient (Wildman–Crippen LogP) is 5.59. The highest BCUT2D eigenvalue weighted by atomic mass is 79.9. The van der Waals surface area contributed by atoms with Crippen LogP contribution in [0.3, 0.4) is 0 Å². The monoisotopic (exact) mass is 375 g/mol. The SMILES string of the molecule is CCCNC(Cc1ccc(Br)s1)c1cccc(F)c1Cl. The first-order chi connectivity index (χ1) is 9.61. The summed E-state index contributed by atoms with van der Waals surface area (Å²) in [6.45, 7) is 2.99. The van der Waals surface area contributed by atoms with E-state index in [1.54, 1.807) is 17.4 Å². The smallest absolute Gasteiger partial charge is 0.142 e. The molecule has 0 spiro atoms. The average molecular weight is 377 g/mol. The minimum atomic E-state index is -0.361. The van der Waals surface area contributed by atoms with Crippen LogP contribution in [0, 0.1) is 5.82 Å². The van der Waals surface area contributed by atoms with Crippen molar-refractivity contribution in [3.63, 3.8) is 0 Å². The van der Waals surface area contributed by atoms with E-state index in [2.05, 4.69) is 34.2 Å². The normalized spacial score (nSPS) is 12.6. The van der Waals surface area contributed by atoms with E-state index < -0.39 is 0 Å². The van der Waals surface area contributed by atoms with Gasteiger partial charge in [-0.05, 0) is 52.7 Å². The average Bonchev–Trinajstić information content (AvgIpc) is 2.83. The lowest BCUT2D eigenvalue weighted by Gasteiger charge is -2.20. The van der Waals surface area contributed by atoms with Crippen LogP contribution in [0.2, 0.25) is 5.02 Å². The van der Waals surface area contributed by atoms with E-state index in [-0.39, 0.29) is 16.9 Å². The van der Waals surface area contributed by atoms with Crippen LogP contribution in [-0.2, 0) is 6.42 Å². The molecule has 5 heteroatoms. The van der Waals surface area contributed by atoms with Gasteiger partial charge in [-0.3, -0.25) is 0 Å². The maximum Gasteiger partial charge on any atom is 0.142 e. The zero-order valence-electron chi connectivity index (χ0n) is 11.1. The Morgan fingerprint density at radius 2 is 2.15 bits per heavy atom. The lowest BCUT2D eigenvalue weighted by atomic mass is 10.0. The molecule has 0 amide bonds. The van der Waals surface area contributed by atoms with Gasteiger partial charge < -0.3 is 5.32 Å².